The first kappa shape index (κ1) is 15.5. The van der Waals surface area contributed by atoms with Crippen molar-refractivity contribution >= 4 is 17.5 Å². The largest absolute Gasteiger partial charge is 0.370 e. The van der Waals surface area contributed by atoms with Crippen LogP contribution in [0.2, 0.25) is 0 Å². The van der Waals surface area contributed by atoms with Crippen molar-refractivity contribution in [3.8, 4) is 0 Å². The van der Waals surface area contributed by atoms with E-state index in [0.717, 1.165) is 18.8 Å². The van der Waals surface area contributed by atoms with Gasteiger partial charge in [-0.3, -0.25) is 0 Å². The molecule has 1 aliphatic carbocycles. The molecule has 0 saturated heterocycles. The zero-order valence-corrected chi connectivity index (χ0v) is 13.1. The van der Waals surface area contributed by atoms with Crippen LogP contribution in [0.15, 0.2) is 48.2 Å². The quantitative estimate of drug-likeness (QED) is 0.762. The Morgan fingerprint density at radius 2 is 2.13 bits per heavy atom. The van der Waals surface area contributed by atoms with Crippen molar-refractivity contribution in [1.82, 2.24) is 9.97 Å². The minimum atomic E-state index is -0.287. The summed E-state index contributed by atoms with van der Waals surface area (Å²) in [6.45, 7) is 0.863. The smallest absolute Gasteiger partial charge is 0.229 e. The highest BCUT2D eigenvalue weighted by molar-refractivity contribution is 5.54. The molecule has 0 amide bonds. The molecule has 0 bridgehead atoms. The van der Waals surface area contributed by atoms with Gasteiger partial charge in [-0.1, -0.05) is 17.7 Å². The van der Waals surface area contributed by atoms with Gasteiger partial charge in [0.15, 0.2) is 0 Å². The van der Waals surface area contributed by atoms with Gasteiger partial charge in [0.05, 0.1) is 0 Å². The number of anilines is 3. The van der Waals surface area contributed by atoms with Gasteiger partial charge in [0, 0.05) is 18.4 Å². The van der Waals surface area contributed by atoms with Crippen LogP contribution in [-0.4, -0.2) is 16.5 Å². The molecule has 0 atom stereocenters. The Hall–Kier alpha value is -2.43. The van der Waals surface area contributed by atoms with E-state index in [-0.39, 0.29) is 5.82 Å². The first-order valence-corrected chi connectivity index (χ1v) is 8.07. The van der Waals surface area contributed by atoms with Crippen LogP contribution in [-0.2, 0) is 0 Å². The summed E-state index contributed by atoms with van der Waals surface area (Å²) in [5.74, 6) is 0.942. The fourth-order valence-electron chi connectivity index (χ4n) is 2.70. The average molecular weight is 312 g/mol. The van der Waals surface area contributed by atoms with Gasteiger partial charge in [-0.2, -0.15) is 4.98 Å². The van der Waals surface area contributed by atoms with Crippen LogP contribution in [0.4, 0.5) is 21.8 Å². The van der Waals surface area contributed by atoms with Gasteiger partial charge in [-0.05, 0) is 56.4 Å². The number of hydrogen-bond donors (Lipinski definition) is 2. The predicted molar refractivity (Wildman–Crippen MR) is 91.4 cm³/mol. The maximum absolute atomic E-state index is 13.2. The van der Waals surface area contributed by atoms with Crippen LogP contribution in [0, 0.1) is 5.82 Å². The third-order valence-electron chi connectivity index (χ3n) is 3.87. The van der Waals surface area contributed by atoms with E-state index >= 15 is 0 Å². The van der Waals surface area contributed by atoms with E-state index in [1.165, 1.54) is 43.4 Å². The molecule has 1 aliphatic rings. The van der Waals surface area contributed by atoms with E-state index in [9.17, 15) is 4.39 Å². The highest BCUT2D eigenvalue weighted by Gasteiger charge is 2.04. The van der Waals surface area contributed by atoms with E-state index in [4.69, 9.17) is 0 Å². The van der Waals surface area contributed by atoms with Crippen LogP contribution < -0.4 is 10.6 Å². The van der Waals surface area contributed by atoms with E-state index < -0.39 is 0 Å². The Balaban J connectivity index is 1.55. The molecule has 3 rings (SSSR count). The molecule has 1 heterocycles. The molecule has 2 N–H and O–H groups in total. The van der Waals surface area contributed by atoms with Gasteiger partial charge in [0.1, 0.15) is 11.6 Å². The number of aromatic nitrogens is 2. The predicted octanol–water partition coefficient (Wildman–Crippen LogP) is 4.66. The van der Waals surface area contributed by atoms with Gasteiger partial charge in [0.25, 0.3) is 0 Å². The van der Waals surface area contributed by atoms with Crippen molar-refractivity contribution in [3.63, 3.8) is 0 Å². The molecule has 1 aromatic carbocycles. The highest BCUT2D eigenvalue weighted by atomic mass is 19.1. The molecular formula is C18H21FN4. The maximum atomic E-state index is 13.2. The van der Waals surface area contributed by atoms with Crippen LogP contribution >= 0.6 is 0 Å². The van der Waals surface area contributed by atoms with Gasteiger partial charge in [0.2, 0.25) is 5.95 Å². The average Bonchev–Trinajstić information content (AvgIpc) is 2.56. The molecule has 0 spiro atoms. The summed E-state index contributed by atoms with van der Waals surface area (Å²) in [7, 11) is 0. The molecule has 0 fully saturated rings. The first-order chi connectivity index (χ1) is 11.3. The van der Waals surface area contributed by atoms with Crippen molar-refractivity contribution in [3.05, 3.63) is 54.0 Å². The Kier molecular flexibility index (Phi) is 5.19. The van der Waals surface area contributed by atoms with Gasteiger partial charge in [-0.25, -0.2) is 9.37 Å². The normalized spacial score (nSPS) is 14.2. The minimum Gasteiger partial charge on any atom is -0.370 e. The zero-order chi connectivity index (χ0) is 15.9. The van der Waals surface area contributed by atoms with E-state index in [1.807, 2.05) is 6.07 Å². The van der Waals surface area contributed by atoms with E-state index in [1.54, 1.807) is 18.3 Å². The minimum absolute atomic E-state index is 0.287. The zero-order valence-electron chi connectivity index (χ0n) is 13.1. The second-order valence-corrected chi connectivity index (χ2v) is 5.69. The highest BCUT2D eigenvalue weighted by Crippen LogP contribution is 2.20. The summed E-state index contributed by atoms with van der Waals surface area (Å²) >= 11 is 0. The lowest BCUT2D eigenvalue weighted by Crippen LogP contribution is -2.07. The number of allylic oxidation sites excluding steroid dienone is 1. The number of hydrogen-bond acceptors (Lipinski definition) is 4. The molecule has 0 unspecified atom stereocenters. The molecule has 2 aromatic rings. The van der Waals surface area contributed by atoms with Crippen molar-refractivity contribution in [1.29, 1.82) is 0 Å². The van der Waals surface area contributed by atoms with Crippen molar-refractivity contribution < 1.29 is 4.39 Å². The summed E-state index contributed by atoms with van der Waals surface area (Å²) in [5, 5.41) is 6.33. The lowest BCUT2D eigenvalue weighted by molar-refractivity contribution is 0.628. The van der Waals surface area contributed by atoms with Gasteiger partial charge >= 0.3 is 0 Å². The molecule has 0 radical (unpaired) electrons. The third kappa shape index (κ3) is 4.77. The molecule has 0 aliphatic heterocycles. The first-order valence-electron chi connectivity index (χ1n) is 8.07. The van der Waals surface area contributed by atoms with Crippen LogP contribution in [0.3, 0.4) is 0 Å². The van der Waals surface area contributed by atoms with Crippen molar-refractivity contribution in [2.75, 3.05) is 17.2 Å². The van der Waals surface area contributed by atoms with E-state index in [0.29, 0.717) is 11.6 Å². The summed E-state index contributed by atoms with van der Waals surface area (Å²) in [5.41, 5.74) is 2.17. The van der Waals surface area contributed by atoms with Crippen LogP contribution in [0.1, 0.15) is 32.1 Å². The topological polar surface area (TPSA) is 49.8 Å². The molecule has 0 saturated carbocycles. The van der Waals surface area contributed by atoms with Gasteiger partial charge in [-0.15, -0.1) is 0 Å². The Morgan fingerprint density at radius 3 is 2.96 bits per heavy atom. The Labute approximate surface area is 135 Å². The van der Waals surface area contributed by atoms with Crippen molar-refractivity contribution in [2.24, 2.45) is 0 Å². The van der Waals surface area contributed by atoms with Crippen LogP contribution in [0.5, 0.6) is 0 Å². The van der Waals surface area contributed by atoms with Crippen LogP contribution in [0.25, 0.3) is 0 Å². The number of benzene rings is 1. The number of nitrogens with one attached hydrogen (secondary N) is 2. The number of halogens is 1. The molecule has 4 nitrogen and oxygen atoms in total. The number of rotatable bonds is 6. The molecule has 5 heteroatoms. The summed E-state index contributed by atoms with van der Waals surface area (Å²) in [4.78, 5) is 8.57. The second-order valence-electron chi connectivity index (χ2n) is 5.69. The summed E-state index contributed by atoms with van der Waals surface area (Å²) in [6, 6.07) is 8.09. The lowest BCUT2D eigenvalue weighted by Gasteiger charge is -2.13. The lowest BCUT2D eigenvalue weighted by atomic mass is 9.97. The fourth-order valence-corrected chi connectivity index (χ4v) is 2.70. The second kappa shape index (κ2) is 7.72. The van der Waals surface area contributed by atoms with Crippen molar-refractivity contribution in [2.45, 2.75) is 32.1 Å². The Bertz CT molecular complexity index is 684. The van der Waals surface area contributed by atoms with Gasteiger partial charge < -0.3 is 10.6 Å². The monoisotopic (exact) mass is 312 g/mol. The fraction of sp³-hybridized carbons (Fsp3) is 0.333. The third-order valence-corrected chi connectivity index (χ3v) is 3.87. The molecule has 120 valence electrons. The number of nitrogens with zero attached hydrogens (tertiary/aromatic N) is 2. The summed E-state index contributed by atoms with van der Waals surface area (Å²) in [6.07, 6.45) is 10.2. The molecule has 23 heavy (non-hydrogen) atoms. The maximum Gasteiger partial charge on any atom is 0.229 e. The summed E-state index contributed by atoms with van der Waals surface area (Å²) < 4.78 is 13.2. The Morgan fingerprint density at radius 1 is 1.17 bits per heavy atom. The molecule has 1 aromatic heterocycles. The molecular weight excluding hydrogens is 291 g/mol. The standard InChI is InChI=1S/C18H21FN4/c19-15-7-4-8-16(13-15)22-18-21-12-10-17(23-18)20-11-9-14-5-2-1-3-6-14/h4-5,7-8,10,12-13H,1-3,6,9,11H2,(H2,20,21,22,23). The van der Waals surface area contributed by atoms with E-state index in [2.05, 4.69) is 26.7 Å². The SMILES string of the molecule is Fc1cccc(Nc2nccc(NCCC3=CCCCC3)n2)c1.